The summed E-state index contributed by atoms with van der Waals surface area (Å²) in [5.41, 5.74) is -0.212. The molecule has 98 valence electrons. The van der Waals surface area contributed by atoms with Crippen LogP contribution in [0.4, 0.5) is 0 Å². The van der Waals surface area contributed by atoms with Crippen molar-refractivity contribution in [2.45, 2.75) is 47.1 Å². The van der Waals surface area contributed by atoms with Crippen molar-refractivity contribution in [1.82, 2.24) is 5.32 Å². The minimum atomic E-state index is -3.91. The summed E-state index contributed by atoms with van der Waals surface area (Å²) in [6, 6.07) is 0. The van der Waals surface area contributed by atoms with Crippen LogP contribution in [0.1, 0.15) is 41.5 Å². The molecule has 0 aromatic heterocycles. The second-order valence-corrected chi connectivity index (χ2v) is 7.94. The monoisotopic (exact) mass is 251 g/mol. The van der Waals surface area contributed by atoms with Crippen molar-refractivity contribution < 1.29 is 13.0 Å². The highest BCUT2D eigenvalue weighted by atomic mass is 32.2. The van der Waals surface area contributed by atoms with Gasteiger partial charge >= 0.3 is 0 Å². The first-order valence-corrected chi connectivity index (χ1v) is 7.12. The van der Waals surface area contributed by atoms with Gasteiger partial charge in [0.2, 0.25) is 0 Å². The van der Waals surface area contributed by atoms with Gasteiger partial charge in [0.25, 0.3) is 10.1 Å². The molecule has 0 heterocycles. The molecule has 5 heteroatoms. The molecule has 0 aromatic carbocycles. The molecular weight excluding hydrogens is 226 g/mol. The third-order valence-corrected chi connectivity index (χ3v) is 3.34. The summed E-state index contributed by atoms with van der Waals surface area (Å²) >= 11 is 0. The van der Waals surface area contributed by atoms with Gasteiger partial charge in [0.1, 0.15) is 0 Å². The van der Waals surface area contributed by atoms with Gasteiger partial charge in [0.05, 0.1) is 5.75 Å². The normalized spacial score (nSPS) is 16.2. The van der Waals surface area contributed by atoms with E-state index < -0.39 is 10.1 Å². The average Bonchev–Trinajstić information content (AvgIpc) is 1.91. The summed E-state index contributed by atoms with van der Waals surface area (Å²) in [4.78, 5) is 0. The maximum atomic E-state index is 10.9. The Balaban J connectivity index is 4.60. The molecule has 0 amide bonds. The fourth-order valence-electron chi connectivity index (χ4n) is 1.30. The second-order valence-electron chi connectivity index (χ2n) is 6.44. The van der Waals surface area contributed by atoms with Gasteiger partial charge in [-0.3, -0.25) is 4.55 Å². The zero-order valence-electron chi connectivity index (χ0n) is 11.2. The maximum absolute atomic E-state index is 10.9. The van der Waals surface area contributed by atoms with E-state index in [-0.39, 0.29) is 22.6 Å². The summed E-state index contributed by atoms with van der Waals surface area (Å²) < 4.78 is 30.8. The van der Waals surface area contributed by atoms with Crippen LogP contribution in [0.5, 0.6) is 0 Å². The van der Waals surface area contributed by atoms with Gasteiger partial charge in [-0.25, -0.2) is 0 Å². The van der Waals surface area contributed by atoms with E-state index in [0.717, 1.165) is 0 Å². The van der Waals surface area contributed by atoms with Crippen LogP contribution >= 0.6 is 0 Å². The molecule has 0 saturated carbocycles. The van der Waals surface area contributed by atoms with Crippen molar-refractivity contribution >= 4 is 10.1 Å². The highest BCUT2D eigenvalue weighted by Gasteiger charge is 2.29. The molecule has 0 aliphatic heterocycles. The van der Waals surface area contributed by atoms with Crippen LogP contribution in [0, 0.1) is 11.3 Å². The van der Waals surface area contributed by atoms with Crippen LogP contribution in [-0.2, 0) is 10.1 Å². The summed E-state index contributed by atoms with van der Waals surface area (Å²) in [7, 11) is -3.91. The lowest BCUT2D eigenvalue weighted by Gasteiger charge is -2.33. The largest absolute Gasteiger partial charge is 0.312 e. The van der Waals surface area contributed by atoms with Crippen LogP contribution in [0.25, 0.3) is 0 Å². The van der Waals surface area contributed by atoms with E-state index in [2.05, 4.69) is 5.32 Å². The van der Waals surface area contributed by atoms with Crippen molar-refractivity contribution in [3.05, 3.63) is 0 Å². The summed E-state index contributed by atoms with van der Waals surface area (Å²) in [6.45, 7) is 12.6. The molecule has 0 aliphatic carbocycles. The molecule has 0 saturated heterocycles. The third kappa shape index (κ3) is 8.07. The van der Waals surface area contributed by atoms with Crippen LogP contribution in [0.3, 0.4) is 0 Å². The van der Waals surface area contributed by atoms with E-state index in [4.69, 9.17) is 4.55 Å². The number of hydrogen-bond donors (Lipinski definition) is 2. The Labute approximate surface area is 99.6 Å². The highest BCUT2D eigenvalue weighted by Crippen LogP contribution is 2.27. The van der Waals surface area contributed by atoms with Gasteiger partial charge in [0, 0.05) is 5.54 Å². The lowest BCUT2D eigenvalue weighted by Crippen LogP contribution is -2.44. The zero-order valence-corrected chi connectivity index (χ0v) is 12.0. The zero-order chi connectivity index (χ0) is 13.2. The van der Waals surface area contributed by atoms with Gasteiger partial charge in [0.15, 0.2) is 0 Å². The molecule has 0 rings (SSSR count). The molecule has 2 N–H and O–H groups in total. The molecule has 0 aliphatic rings. The number of rotatable bonds is 4. The number of nitrogens with one attached hydrogen (secondary N) is 1. The van der Waals surface area contributed by atoms with Crippen LogP contribution in [0.15, 0.2) is 0 Å². The molecule has 0 spiro atoms. The Kier molecular flexibility index (Phi) is 4.98. The topological polar surface area (TPSA) is 66.4 Å². The Morgan fingerprint density at radius 2 is 1.56 bits per heavy atom. The van der Waals surface area contributed by atoms with Crippen molar-refractivity contribution in [2.24, 2.45) is 11.3 Å². The molecular formula is C11H25NO3S. The van der Waals surface area contributed by atoms with Gasteiger partial charge in [-0.05, 0) is 38.6 Å². The average molecular weight is 251 g/mol. The standard InChI is InChI=1S/C11H25NO3S/c1-10(2,3)9(8-16(13,14)15)7-12-11(4,5)6/h9,12H,7-8H2,1-6H3,(H,13,14,15). The molecule has 16 heavy (non-hydrogen) atoms. The van der Waals surface area contributed by atoms with Crippen molar-refractivity contribution in [3.8, 4) is 0 Å². The van der Waals surface area contributed by atoms with Crippen molar-refractivity contribution in [1.29, 1.82) is 0 Å². The predicted octanol–water partition coefficient (Wildman–Crippen LogP) is 1.92. The Morgan fingerprint density at radius 3 is 1.81 bits per heavy atom. The van der Waals surface area contributed by atoms with E-state index in [9.17, 15) is 8.42 Å². The lowest BCUT2D eigenvalue weighted by molar-refractivity contribution is 0.232. The minimum absolute atomic E-state index is 0.0529. The van der Waals surface area contributed by atoms with Gasteiger partial charge in [-0.15, -0.1) is 0 Å². The molecule has 0 radical (unpaired) electrons. The van der Waals surface area contributed by atoms with E-state index in [1.807, 2.05) is 41.5 Å². The van der Waals surface area contributed by atoms with E-state index in [0.29, 0.717) is 6.54 Å². The van der Waals surface area contributed by atoms with Crippen molar-refractivity contribution in [3.63, 3.8) is 0 Å². The van der Waals surface area contributed by atoms with E-state index in [1.54, 1.807) is 0 Å². The first kappa shape index (κ1) is 15.9. The summed E-state index contributed by atoms with van der Waals surface area (Å²) in [6.07, 6.45) is 0. The second kappa shape index (κ2) is 5.02. The Morgan fingerprint density at radius 1 is 1.12 bits per heavy atom. The fourth-order valence-corrected chi connectivity index (χ4v) is 2.43. The maximum Gasteiger partial charge on any atom is 0.265 e. The van der Waals surface area contributed by atoms with Gasteiger partial charge < -0.3 is 5.32 Å². The Hall–Kier alpha value is -0.130. The highest BCUT2D eigenvalue weighted by molar-refractivity contribution is 7.85. The van der Waals surface area contributed by atoms with Gasteiger partial charge in [-0.1, -0.05) is 20.8 Å². The third-order valence-electron chi connectivity index (χ3n) is 2.52. The molecule has 1 unspecified atom stereocenters. The van der Waals surface area contributed by atoms with Crippen LogP contribution in [-0.4, -0.2) is 30.8 Å². The van der Waals surface area contributed by atoms with E-state index in [1.165, 1.54) is 0 Å². The minimum Gasteiger partial charge on any atom is -0.312 e. The molecule has 0 fully saturated rings. The number of hydrogen-bond acceptors (Lipinski definition) is 3. The fraction of sp³-hybridized carbons (Fsp3) is 1.00. The molecule has 0 aromatic rings. The molecule has 1 atom stereocenters. The SMILES string of the molecule is CC(C)(C)NCC(CS(=O)(=O)O)C(C)(C)C. The smallest absolute Gasteiger partial charge is 0.265 e. The van der Waals surface area contributed by atoms with Crippen molar-refractivity contribution in [2.75, 3.05) is 12.3 Å². The molecule has 4 nitrogen and oxygen atoms in total. The van der Waals surface area contributed by atoms with Crippen LogP contribution < -0.4 is 5.32 Å². The first-order valence-electron chi connectivity index (χ1n) is 5.51. The quantitative estimate of drug-likeness (QED) is 0.749. The predicted molar refractivity (Wildman–Crippen MR) is 67.1 cm³/mol. The van der Waals surface area contributed by atoms with Gasteiger partial charge in [-0.2, -0.15) is 8.42 Å². The first-order chi connectivity index (χ1) is 6.81. The Bertz CT molecular complexity index is 309. The lowest BCUT2D eigenvalue weighted by atomic mass is 9.81. The van der Waals surface area contributed by atoms with Crippen LogP contribution in [0.2, 0.25) is 0 Å². The van der Waals surface area contributed by atoms with E-state index >= 15 is 0 Å². The summed E-state index contributed by atoms with van der Waals surface area (Å²) in [5, 5.41) is 3.28. The summed E-state index contributed by atoms with van der Waals surface area (Å²) in [5.74, 6) is -0.304. The molecule has 0 bridgehead atoms.